The maximum absolute atomic E-state index is 14.2. The Morgan fingerprint density at radius 3 is 2.33 bits per heavy atom. The summed E-state index contributed by atoms with van der Waals surface area (Å²) in [6, 6.07) is 18.0. The van der Waals surface area contributed by atoms with Crippen LogP contribution >= 0.6 is 11.8 Å². The highest BCUT2D eigenvalue weighted by Crippen LogP contribution is 2.68. The van der Waals surface area contributed by atoms with Gasteiger partial charge in [0.15, 0.2) is 0 Å². The third-order valence-electron chi connectivity index (χ3n) is 8.21. The monoisotopic (exact) mass is 507 g/mol. The van der Waals surface area contributed by atoms with Crippen LogP contribution in [-0.4, -0.2) is 63.5 Å². The minimum Gasteiger partial charge on any atom is -0.394 e. The van der Waals surface area contributed by atoms with Crippen molar-refractivity contribution in [3.05, 3.63) is 71.8 Å². The lowest BCUT2D eigenvalue weighted by molar-refractivity contribution is -0.142. The molecule has 0 radical (unpaired) electrons. The van der Waals surface area contributed by atoms with Gasteiger partial charge in [-0.3, -0.25) is 14.4 Å². The number of nitrogens with one attached hydrogen (secondary N) is 2. The van der Waals surface area contributed by atoms with Crippen molar-refractivity contribution >= 4 is 29.5 Å². The number of likely N-dealkylation sites (tertiary alicyclic amines) is 1. The number of carbonyl (C=O) groups is 3. The smallest absolute Gasteiger partial charge is 0.244 e. The zero-order chi connectivity index (χ0) is 25.4. The molecular weight excluding hydrogens is 474 g/mol. The van der Waals surface area contributed by atoms with E-state index in [0.29, 0.717) is 13.0 Å². The zero-order valence-electron chi connectivity index (χ0n) is 20.6. The number of thioether (sulfide) groups is 1. The maximum Gasteiger partial charge on any atom is 0.244 e. The second-order valence-electron chi connectivity index (χ2n) is 10.1. The predicted octanol–water partition coefficient (Wildman–Crippen LogP) is 1.99. The fourth-order valence-corrected chi connectivity index (χ4v) is 9.05. The average Bonchev–Trinajstić information content (AvgIpc) is 3.50. The molecular formula is C28H33N3O4S. The van der Waals surface area contributed by atoms with Gasteiger partial charge in [-0.05, 0) is 29.9 Å². The predicted molar refractivity (Wildman–Crippen MR) is 139 cm³/mol. The summed E-state index contributed by atoms with van der Waals surface area (Å²) >= 11 is 1.64. The van der Waals surface area contributed by atoms with E-state index in [1.54, 1.807) is 23.7 Å². The number of aliphatic hydroxyl groups excluding tert-OH is 1. The van der Waals surface area contributed by atoms with E-state index in [1.807, 2.05) is 60.7 Å². The van der Waals surface area contributed by atoms with Gasteiger partial charge in [-0.1, -0.05) is 67.6 Å². The van der Waals surface area contributed by atoms with E-state index < -0.39 is 28.7 Å². The van der Waals surface area contributed by atoms with Gasteiger partial charge >= 0.3 is 0 Å². The summed E-state index contributed by atoms with van der Waals surface area (Å²) in [4.78, 5) is 42.7. The van der Waals surface area contributed by atoms with E-state index >= 15 is 0 Å². The van der Waals surface area contributed by atoms with Crippen LogP contribution in [0.5, 0.6) is 0 Å². The fraction of sp³-hybridized carbons (Fsp3) is 0.464. The average molecular weight is 508 g/mol. The molecule has 2 aromatic rings. The molecule has 3 aliphatic rings. The lowest BCUT2D eigenvalue weighted by Crippen LogP contribution is -2.58. The normalized spacial score (nSPS) is 31.2. The van der Waals surface area contributed by atoms with Crippen LogP contribution in [0.25, 0.3) is 0 Å². The Balaban J connectivity index is 1.53. The van der Waals surface area contributed by atoms with Crippen LogP contribution in [0.1, 0.15) is 24.5 Å². The third-order valence-corrected chi connectivity index (χ3v) is 10.3. The lowest BCUT2D eigenvalue weighted by atomic mass is 9.66. The van der Waals surface area contributed by atoms with Crippen LogP contribution in [-0.2, 0) is 27.3 Å². The molecule has 5 rings (SSSR count). The molecule has 36 heavy (non-hydrogen) atoms. The molecule has 0 aromatic heterocycles. The number of benzene rings is 2. The maximum atomic E-state index is 14.2. The zero-order valence-corrected chi connectivity index (χ0v) is 21.4. The van der Waals surface area contributed by atoms with Gasteiger partial charge in [0.05, 0.1) is 29.2 Å². The highest BCUT2D eigenvalue weighted by molar-refractivity contribution is 8.02. The van der Waals surface area contributed by atoms with Crippen LogP contribution in [0.15, 0.2) is 60.7 Å². The van der Waals surface area contributed by atoms with Gasteiger partial charge in [0.1, 0.15) is 6.04 Å². The second-order valence-corrected chi connectivity index (χ2v) is 11.7. The van der Waals surface area contributed by atoms with Gasteiger partial charge in [0, 0.05) is 18.8 Å². The molecule has 0 saturated carbocycles. The minimum absolute atomic E-state index is 0.00201. The summed E-state index contributed by atoms with van der Waals surface area (Å²) in [5, 5.41) is 16.3. The van der Waals surface area contributed by atoms with Gasteiger partial charge in [0.25, 0.3) is 0 Å². The molecule has 190 valence electrons. The lowest BCUT2D eigenvalue weighted by Gasteiger charge is -2.40. The Morgan fingerprint density at radius 2 is 1.72 bits per heavy atom. The first-order valence-corrected chi connectivity index (χ1v) is 13.5. The topological polar surface area (TPSA) is 98.7 Å². The number of hydrogen-bond acceptors (Lipinski definition) is 5. The Hall–Kier alpha value is -2.84. The molecule has 0 aliphatic carbocycles. The number of fused-ring (bicyclic) bond motifs is 1. The molecule has 7 atom stereocenters. The second kappa shape index (κ2) is 9.90. The molecule has 2 aromatic carbocycles. The van der Waals surface area contributed by atoms with E-state index in [2.05, 4.69) is 17.6 Å². The van der Waals surface area contributed by atoms with Crippen molar-refractivity contribution in [1.82, 2.24) is 15.5 Å². The molecule has 8 heteroatoms. The largest absolute Gasteiger partial charge is 0.394 e. The molecule has 1 spiro atoms. The Kier molecular flexibility index (Phi) is 6.83. The number of amides is 3. The van der Waals surface area contributed by atoms with Crippen molar-refractivity contribution in [2.24, 2.45) is 17.8 Å². The van der Waals surface area contributed by atoms with E-state index in [-0.39, 0.29) is 35.5 Å². The van der Waals surface area contributed by atoms with Crippen molar-refractivity contribution < 1.29 is 19.5 Å². The van der Waals surface area contributed by atoms with Gasteiger partial charge in [0.2, 0.25) is 17.7 Å². The summed E-state index contributed by atoms with van der Waals surface area (Å²) < 4.78 is -0.705. The van der Waals surface area contributed by atoms with Crippen LogP contribution < -0.4 is 10.6 Å². The summed E-state index contributed by atoms with van der Waals surface area (Å²) in [6.07, 6.45) is 1.22. The standard InChI is InChI=1S/C28H33N3O4S/c1-17-13-21-22(25(33)29-2)23-27(35)31(20(16-32)14-18-9-5-3-6-10-18)24(28(17,23)36-21)26(34)30-15-19-11-7-4-8-12-19/h3-12,17,20-24,32H,13-16H2,1-2H3,(H,29,33)(H,30,34)/t17?,20-,21+,22-,23+,24?,28?/m1/s1. The van der Waals surface area contributed by atoms with Crippen molar-refractivity contribution in [1.29, 1.82) is 0 Å². The fourth-order valence-electron chi connectivity index (χ4n) is 6.64. The van der Waals surface area contributed by atoms with Crippen LogP contribution in [0.2, 0.25) is 0 Å². The minimum atomic E-state index is -0.765. The number of nitrogens with zero attached hydrogens (tertiary/aromatic N) is 1. The molecule has 3 amide bonds. The number of hydrogen-bond donors (Lipinski definition) is 3. The third kappa shape index (κ3) is 3.91. The van der Waals surface area contributed by atoms with Crippen molar-refractivity contribution in [2.75, 3.05) is 13.7 Å². The van der Waals surface area contributed by atoms with Crippen molar-refractivity contribution in [2.45, 2.75) is 48.4 Å². The summed E-state index contributed by atoms with van der Waals surface area (Å²) in [7, 11) is 1.60. The molecule has 3 aliphatic heterocycles. The molecule has 7 nitrogen and oxygen atoms in total. The molecule has 3 unspecified atom stereocenters. The van der Waals surface area contributed by atoms with E-state index in [0.717, 1.165) is 17.5 Å². The van der Waals surface area contributed by atoms with E-state index in [1.165, 1.54) is 0 Å². The van der Waals surface area contributed by atoms with Gasteiger partial charge in [-0.15, -0.1) is 11.8 Å². The van der Waals surface area contributed by atoms with Crippen LogP contribution in [0, 0.1) is 17.8 Å². The summed E-state index contributed by atoms with van der Waals surface area (Å²) in [6.45, 7) is 2.18. The Labute approximate surface area is 216 Å². The molecule has 2 bridgehead atoms. The Morgan fingerprint density at radius 1 is 1.08 bits per heavy atom. The molecule has 3 fully saturated rings. The number of carbonyl (C=O) groups excluding carboxylic acids is 3. The first kappa shape index (κ1) is 24.8. The van der Waals surface area contributed by atoms with E-state index in [4.69, 9.17) is 0 Å². The SMILES string of the molecule is CNC(=O)[C@@H]1[C@@H]2CC(C)C3(S2)C(C(=O)NCc2ccccc2)N([C@@H](CO)Cc2ccccc2)C(=O)[C@H]13. The quantitative estimate of drug-likeness (QED) is 0.508. The first-order chi connectivity index (χ1) is 17.4. The molecule has 3 N–H and O–H groups in total. The highest BCUT2D eigenvalue weighted by Gasteiger charge is 2.76. The van der Waals surface area contributed by atoms with Crippen molar-refractivity contribution in [3.8, 4) is 0 Å². The van der Waals surface area contributed by atoms with Gasteiger partial charge in [-0.25, -0.2) is 0 Å². The molecule has 3 saturated heterocycles. The summed E-state index contributed by atoms with van der Waals surface area (Å²) in [5.41, 5.74) is 1.95. The molecule has 3 heterocycles. The van der Waals surface area contributed by atoms with Crippen molar-refractivity contribution in [3.63, 3.8) is 0 Å². The Bertz CT molecular complexity index is 1130. The van der Waals surface area contributed by atoms with Crippen LogP contribution in [0.3, 0.4) is 0 Å². The number of rotatable bonds is 8. The highest BCUT2D eigenvalue weighted by atomic mass is 32.2. The van der Waals surface area contributed by atoms with Crippen LogP contribution in [0.4, 0.5) is 0 Å². The van der Waals surface area contributed by atoms with Gasteiger partial charge < -0.3 is 20.6 Å². The number of aliphatic hydroxyl groups is 1. The van der Waals surface area contributed by atoms with Gasteiger partial charge in [-0.2, -0.15) is 0 Å². The van der Waals surface area contributed by atoms with E-state index in [9.17, 15) is 19.5 Å². The summed E-state index contributed by atoms with van der Waals surface area (Å²) in [5.74, 6) is -1.55. The first-order valence-electron chi connectivity index (χ1n) is 12.6.